The molecule has 0 spiro atoms. The lowest BCUT2D eigenvalue weighted by atomic mass is 9.92. The van der Waals surface area contributed by atoms with Crippen LogP contribution in [0.2, 0.25) is 0 Å². The number of Topliss-reactive ketones (excluding diaryl/α,β-unsaturated/α-hetero) is 1. The van der Waals surface area contributed by atoms with Crippen LogP contribution >= 0.6 is 11.3 Å². The molecule has 0 radical (unpaired) electrons. The van der Waals surface area contributed by atoms with Crippen molar-refractivity contribution in [3.63, 3.8) is 0 Å². The molecule has 0 bridgehead atoms. The molecule has 0 fully saturated rings. The highest BCUT2D eigenvalue weighted by atomic mass is 32.1. The number of carbonyl (C=O) groups is 1. The lowest BCUT2D eigenvalue weighted by Crippen LogP contribution is -2.19. The van der Waals surface area contributed by atoms with E-state index in [2.05, 4.69) is 45.0 Å². The largest absolute Gasteiger partial charge is 0.299 e. The number of hydrogen-bond acceptors (Lipinski definition) is 3. The lowest BCUT2D eigenvalue weighted by molar-refractivity contribution is -0.122. The lowest BCUT2D eigenvalue weighted by Gasteiger charge is -2.14. The van der Waals surface area contributed by atoms with Crippen LogP contribution in [-0.2, 0) is 16.6 Å². The molecule has 2 nitrogen and oxygen atoms in total. The number of carbonyl (C=O) groups excluding carboxylic acids is 1. The Bertz CT molecular complexity index is 387. The van der Waals surface area contributed by atoms with Crippen molar-refractivity contribution in [1.29, 1.82) is 0 Å². The molecule has 0 saturated carbocycles. The predicted molar refractivity (Wildman–Crippen MR) is 73.5 cm³/mol. The van der Waals surface area contributed by atoms with E-state index in [-0.39, 0.29) is 11.3 Å². The first kappa shape index (κ1) is 14.4. The average Bonchev–Trinajstić information content (AvgIpc) is 2.64. The maximum absolute atomic E-state index is 12.0. The molecule has 1 aromatic rings. The molecule has 0 N–H and O–H groups in total. The minimum atomic E-state index is 0.0709. The quantitative estimate of drug-likeness (QED) is 0.816. The van der Waals surface area contributed by atoms with Crippen molar-refractivity contribution in [2.45, 2.75) is 53.4 Å². The summed E-state index contributed by atoms with van der Waals surface area (Å²) in [5.74, 6) is 0.830. The van der Waals surface area contributed by atoms with Gasteiger partial charge in [-0.3, -0.25) is 4.79 Å². The molecule has 1 rings (SSSR count). The fraction of sp³-hybridized carbons (Fsp3) is 0.714. The molecule has 0 aliphatic carbocycles. The molecule has 17 heavy (non-hydrogen) atoms. The smallest absolute Gasteiger partial charge is 0.142 e. The third-order valence-electron chi connectivity index (χ3n) is 3.15. The van der Waals surface area contributed by atoms with Gasteiger partial charge in [0.05, 0.1) is 12.1 Å². The molecule has 1 atom stereocenters. The van der Waals surface area contributed by atoms with Gasteiger partial charge in [-0.1, -0.05) is 41.5 Å². The summed E-state index contributed by atoms with van der Waals surface area (Å²) >= 11 is 1.60. The van der Waals surface area contributed by atoms with Crippen molar-refractivity contribution in [3.05, 3.63) is 16.1 Å². The first-order valence-corrected chi connectivity index (χ1v) is 7.07. The molecule has 1 heterocycles. The van der Waals surface area contributed by atoms with Gasteiger partial charge in [0.25, 0.3) is 0 Å². The molecule has 1 aromatic heterocycles. The van der Waals surface area contributed by atoms with Crippen LogP contribution in [0.4, 0.5) is 0 Å². The molecule has 3 heteroatoms. The number of nitrogens with zero attached hydrogens (tertiary/aromatic N) is 1. The molecule has 0 aliphatic rings. The summed E-state index contributed by atoms with van der Waals surface area (Å²) in [6.07, 6.45) is 0.486. The Morgan fingerprint density at radius 1 is 1.35 bits per heavy atom. The Kier molecular flexibility index (Phi) is 4.48. The van der Waals surface area contributed by atoms with E-state index in [0.717, 1.165) is 10.7 Å². The molecule has 1 unspecified atom stereocenters. The van der Waals surface area contributed by atoms with Crippen LogP contribution in [0.15, 0.2) is 5.38 Å². The van der Waals surface area contributed by atoms with Gasteiger partial charge in [0.2, 0.25) is 0 Å². The minimum absolute atomic E-state index is 0.0709. The van der Waals surface area contributed by atoms with Gasteiger partial charge in [0.1, 0.15) is 10.8 Å². The van der Waals surface area contributed by atoms with Gasteiger partial charge in [0, 0.05) is 16.7 Å². The van der Waals surface area contributed by atoms with Crippen molar-refractivity contribution >= 4 is 17.1 Å². The monoisotopic (exact) mass is 253 g/mol. The Morgan fingerprint density at radius 3 is 2.35 bits per heavy atom. The molecule has 0 saturated heterocycles. The molecule has 0 aromatic carbocycles. The topological polar surface area (TPSA) is 30.0 Å². The first-order valence-electron chi connectivity index (χ1n) is 6.19. The number of rotatable bonds is 4. The zero-order valence-corrected chi connectivity index (χ0v) is 12.5. The van der Waals surface area contributed by atoms with Gasteiger partial charge in [-0.25, -0.2) is 4.98 Å². The molecular formula is C14H23NOS. The normalized spacial score (nSPS) is 14.1. The Balaban J connectivity index is 2.71. The van der Waals surface area contributed by atoms with E-state index < -0.39 is 0 Å². The van der Waals surface area contributed by atoms with Gasteiger partial charge in [-0.05, 0) is 5.92 Å². The van der Waals surface area contributed by atoms with E-state index in [4.69, 9.17) is 0 Å². The van der Waals surface area contributed by atoms with Gasteiger partial charge < -0.3 is 0 Å². The van der Waals surface area contributed by atoms with Crippen molar-refractivity contribution in [2.75, 3.05) is 0 Å². The SMILES string of the molecule is CC(C)C(C)C(=O)Cc1nc(C(C)(C)C)cs1. The van der Waals surface area contributed by atoms with E-state index in [9.17, 15) is 4.79 Å². The summed E-state index contributed by atoms with van der Waals surface area (Å²) in [5, 5.41) is 3.02. The highest BCUT2D eigenvalue weighted by Crippen LogP contribution is 2.25. The first-order chi connectivity index (χ1) is 7.71. The van der Waals surface area contributed by atoms with E-state index in [1.807, 2.05) is 6.92 Å². The third kappa shape index (κ3) is 3.91. The minimum Gasteiger partial charge on any atom is -0.299 e. The van der Waals surface area contributed by atoms with Crippen molar-refractivity contribution in [2.24, 2.45) is 11.8 Å². The molecular weight excluding hydrogens is 230 g/mol. The average molecular weight is 253 g/mol. The van der Waals surface area contributed by atoms with Crippen LogP contribution in [0.25, 0.3) is 0 Å². The maximum atomic E-state index is 12.0. The van der Waals surface area contributed by atoms with E-state index >= 15 is 0 Å². The van der Waals surface area contributed by atoms with Crippen LogP contribution in [0, 0.1) is 11.8 Å². The number of thiazole rings is 1. The summed E-state index contributed by atoms with van der Waals surface area (Å²) in [6, 6.07) is 0. The zero-order valence-electron chi connectivity index (χ0n) is 11.7. The Labute approximate surface area is 108 Å². The number of aromatic nitrogens is 1. The van der Waals surface area contributed by atoms with Crippen LogP contribution in [0.3, 0.4) is 0 Å². The van der Waals surface area contributed by atoms with E-state index in [1.54, 1.807) is 11.3 Å². The molecule has 0 aliphatic heterocycles. The highest BCUT2D eigenvalue weighted by molar-refractivity contribution is 7.09. The summed E-state index contributed by atoms with van der Waals surface area (Å²) in [6.45, 7) is 12.6. The van der Waals surface area contributed by atoms with Crippen molar-refractivity contribution in [1.82, 2.24) is 4.98 Å². The number of hydrogen-bond donors (Lipinski definition) is 0. The van der Waals surface area contributed by atoms with Crippen molar-refractivity contribution < 1.29 is 4.79 Å². The number of ketones is 1. The second-order valence-electron chi connectivity index (χ2n) is 6.05. The fourth-order valence-corrected chi connectivity index (χ4v) is 2.45. The van der Waals surface area contributed by atoms with Crippen LogP contribution < -0.4 is 0 Å². The predicted octanol–water partition coefficient (Wildman–Crippen LogP) is 3.84. The fourth-order valence-electron chi connectivity index (χ4n) is 1.42. The third-order valence-corrected chi connectivity index (χ3v) is 4.00. The maximum Gasteiger partial charge on any atom is 0.142 e. The second-order valence-corrected chi connectivity index (χ2v) is 6.99. The summed E-state index contributed by atoms with van der Waals surface area (Å²) in [7, 11) is 0. The van der Waals surface area contributed by atoms with Gasteiger partial charge >= 0.3 is 0 Å². The molecule has 96 valence electrons. The standard InChI is InChI=1S/C14H23NOS/c1-9(2)10(3)11(16)7-13-15-12(8-17-13)14(4,5)6/h8-10H,7H2,1-6H3. The van der Waals surface area contributed by atoms with Crippen LogP contribution in [0.5, 0.6) is 0 Å². The Morgan fingerprint density at radius 2 is 1.94 bits per heavy atom. The zero-order chi connectivity index (χ0) is 13.2. The van der Waals surface area contributed by atoms with Gasteiger partial charge in [-0.2, -0.15) is 0 Å². The molecule has 0 amide bonds. The summed E-state index contributed by atoms with van der Waals surface area (Å²) in [5.41, 5.74) is 1.16. The van der Waals surface area contributed by atoms with Gasteiger partial charge in [0.15, 0.2) is 0 Å². The summed E-state index contributed by atoms with van der Waals surface area (Å²) in [4.78, 5) is 16.5. The summed E-state index contributed by atoms with van der Waals surface area (Å²) < 4.78 is 0. The highest BCUT2D eigenvalue weighted by Gasteiger charge is 2.21. The van der Waals surface area contributed by atoms with Crippen LogP contribution in [-0.4, -0.2) is 10.8 Å². The van der Waals surface area contributed by atoms with E-state index in [1.165, 1.54) is 0 Å². The Hall–Kier alpha value is -0.700. The van der Waals surface area contributed by atoms with Crippen molar-refractivity contribution in [3.8, 4) is 0 Å². The van der Waals surface area contributed by atoms with Gasteiger partial charge in [-0.15, -0.1) is 11.3 Å². The van der Waals surface area contributed by atoms with E-state index in [0.29, 0.717) is 18.1 Å². The second kappa shape index (κ2) is 5.30. The van der Waals surface area contributed by atoms with Crippen LogP contribution in [0.1, 0.15) is 52.2 Å².